The summed E-state index contributed by atoms with van der Waals surface area (Å²) in [7, 11) is 0. The summed E-state index contributed by atoms with van der Waals surface area (Å²) in [6, 6.07) is 0. The van der Waals surface area contributed by atoms with Crippen LogP contribution in [0.4, 0.5) is 0 Å². The molecule has 80 valence electrons. The number of rotatable bonds is 3. The first-order valence-corrected chi connectivity index (χ1v) is 4.93. The zero-order valence-electron chi connectivity index (χ0n) is 8.83. The first-order valence-electron chi connectivity index (χ1n) is 4.93. The Labute approximate surface area is 83.6 Å². The highest BCUT2D eigenvalue weighted by Gasteiger charge is 2.45. The molecular weight excluding hydrogens is 184 g/mol. The lowest BCUT2D eigenvalue weighted by atomic mass is 9.98. The van der Waals surface area contributed by atoms with E-state index in [0.29, 0.717) is 6.42 Å². The summed E-state index contributed by atoms with van der Waals surface area (Å²) in [5, 5.41) is 0. The number of carbonyl (C=O) groups excluding carboxylic acids is 2. The summed E-state index contributed by atoms with van der Waals surface area (Å²) >= 11 is 0. The van der Waals surface area contributed by atoms with E-state index in [-0.39, 0.29) is 0 Å². The van der Waals surface area contributed by atoms with Crippen LogP contribution in [0.1, 0.15) is 40.0 Å². The summed E-state index contributed by atoms with van der Waals surface area (Å²) in [5.41, 5.74) is -1.07. The Bertz CT molecular complexity index is 249. The normalized spacial score (nSPS) is 32.4. The number of cyclic esters (lactones) is 2. The fourth-order valence-corrected chi connectivity index (χ4v) is 1.35. The topological polar surface area (TPSA) is 52.6 Å². The zero-order valence-corrected chi connectivity index (χ0v) is 8.83. The third-order valence-electron chi connectivity index (χ3n) is 2.38. The second kappa shape index (κ2) is 3.98. The number of hydrogen-bond acceptors (Lipinski definition) is 4. The average molecular weight is 200 g/mol. The second-order valence-corrected chi connectivity index (χ2v) is 3.80. The van der Waals surface area contributed by atoms with E-state index >= 15 is 0 Å². The van der Waals surface area contributed by atoms with Crippen LogP contribution in [0.3, 0.4) is 0 Å². The van der Waals surface area contributed by atoms with Crippen molar-refractivity contribution in [2.24, 2.45) is 0 Å². The molecule has 1 fully saturated rings. The van der Waals surface area contributed by atoms with Crippen molar-refractivity contribution in [1.82, 2.24) is 0 Å². The predicted molar refractivity (Wildman–Crippen MR) is 49.6 cm³/mol. The van der Waals surface area contributed by atoms with E-state index in [1.165, 1.54) is 6.92 Å². The minimum absolute atomic E-state index is 0.432. The molecule has 2 atom stereocenters. The zero-order chi connectivity index (χ0) is 10.8. The van der Waals surface area contributed by atoms with Gasteiger partial charge < -0.3 is 9.47 Å². The summed E-state index contributed by atoms with van der Waals surface area (Å²) in [6.45, 7) is 5.14. The number of ether oxygens (including phenoxy) is 2. The lowest BCUT2D eigenvalue weighted by Gasteiger charge is -2.33. The molecule has 0 spiro atoms. The molecule has 1 rings (SSSR count). The number of hydrogen-bond donors (Lipinski definition) is 0. The van der Waals surface area contributed by atoms with Gasteiger partial charge in [-0.3, -0.25) is 0 Å². The monoisotopic (exact) mass is 200 g/mol. The number of carbonyl (C=O) groups is 2. The van der Waals surface area contributed by atoms with E-state index in [0.717, 1.165) is 12.8 Å². The van der Waals surface area contributed by atoms with Crippen molar-refractivity contribution in [3.05, 3.63) is 0 Å². The van der Waals surface area contributed by atoms with Crippen LogP contribution in [0.15, 0.2) is 0 Å². The minimum atomic E-state index is -1.07. The van der Waals surface area contributed by atoms with Crippen molar-refractivity contribution in [1.29, 1.82) is 0 Å². The molecule has 2 unspecified atom stereocenters. The number of unbranched alkanes of at least 4 members (excludes halogenated alkanes) is 1. The summed E-state index contributed by atoms with van der Waals surface area (Å²) in [6.07, 6.45) is 1.56. The molecule has 0 aromatic carbocycles. The molecule has 1 saturated heterocycles. The lowest BCUT2D eigenvalue weighted by Crippen LogP contribution is -2.51. The average Bonchev–Trinajstić information content (AvgIpc) is 2.12. The molecule has 0 aromatic rings. The molecule has 1 heterocycles. The molecule has 0 amide bonds. The van der Waals surface area contributed by atoms with Gasteiger partial charge in [0, 0.05) is 0 Å². The molecule has 4 nitrogen and oxygen atoms in total. The van der Waals surface area contributed by atoms with Crippen LogP contribution in [0.5, 0.6) is 0 Å². The Balaban J connectivity index is 2.68. The van der Waals surface area contributed by atoms with Crippen molar-refractivity contribution < 1.29 is 19.1 Å². The highest BCUT2D eigenvalue weighted by atomic mass is 16.7. The first-order chi connectivity index (χ1) is 6.49. The molecular formula is C10H16O4. The van der Waals surface area contributed by atoms with Gasteiger partial charge in [0.2, 0.25) is 5.60 Å². The van der Waals surface area contributed by atoms with E-state index in [9.17, 15) is 9.59 Å². The Kier molecular flexibility index (Phi) is 3.13. The smallest absolute Gasteiger partial charge is 0.351 e. The van der Waals surface area contributed by atoms with Crippen LogP contribution in [-0.4, -0.2) is 23.6 Å². The molecule has 14 heavy (non-hydrogen) atoms. The van der Waals surface area contributed by atoms with Gasteiger partial charge in [0.1, 0.15) is 0 Å². The van der Waals surface area contributed by atoms with E-state index < -0.39 is 23.6 Å². The highest BCUT2D eigenvalue weighted by Crippen LogP contribution is 2.26. The molecule has 0 N–H and O–H groups in total. The van der Waals surface area contributed by atoms with Crippen molar-refractivity contribution in [3.8, 4) is 0 Å². The molecule has 1 aliphatic heterocycles. The molecule has 0 radical (unpaired) electrons. The van der Waals surface area contributed by atoms with Crippen molar-refractivity contribution in [2.75, 3.05) is 0 Å². The standard InChI is InChI=1S/C10H16O4/c1-4-5-6-10(3)9(12)13-7(2)8(11)14-10/h7H,4-6H2,1-3H3. The Morgan fingerprint density at radius 1 is 1.43 bits per heavy atom. The SMILES string of the molecule is CCCCC1(C)OC(=O)C(C)OC1=O. The van der Waals surface area contributed by atoms with Gasteiger partial charge >= 0.3 is 11.9 Å². The van der Waals surface area contributed by atoms with Crippen LogP contribution in [0.25, 0.3) is 0 Å². The molecule has 0 saturated carbocycles. The molecule has 0 bridgehead atoms. The van der Waals surface area contributed by atoms with Crippen LogP contribution in [0, 0.1) is 0 Å². The van der Waals surface area contributed by atoms with Crippen LogP contribution >= 0.6 is 0 Å². The van der Waals surface area contributed by atoms with Gasteiger partial charge in [0.15, 0.2) is 6.10 Å². The maximum Gasteiger partial charge on any atom is 0.351 e. The Morgan fingerprint density at radius 2 is 2.07 bits per heavy atom. The van der Waals surface area contributed by atoms with E-state index in [4.69, 9.17) is 9.47 Å². The van der Waals surface area contributed by atoms with Gasteiger partial charge in [-0.15, -0.1) is 0 Å². The van der Waals surface area contributed by atoms with Crippen LogP contribution < -0.4 is 0 Å². The number of esters is 2. The largest absolute Gasteiger partial charge is 0.448 e. The van der Waals surface area contributed by atoms with Gasteiger partial charge in [0.25, 0.3) is 0 Å². The van der Waals surface area contributed by atoms with Gasteiger partial charge in [-0.2, -0.15) is 0 Å². The Morgan fingerprint density at radius 3 is 2.64 bits per heavy atom. The summed E-state index contributed by atoms with van der Waals surface area (Å²) in [4.78, 5) is 22.7. The summed E-state index contributed by atoms with van der Waals surface area (Å²) < 4.78 is 9.98. The van der Waals surface area contributed by atoms with Gasteiger partial charge in [0.05, 0.1) is 0 Å². The molecule has 0 aromatic heterocycles. The fourth-order valence-electron chi connectivity index (χ4n) is 1.35. The fraction of sp³-hybridized carbons (Fsp3) is 0.800. The second-order valence-electron chi connectivity index (χ2n) is 3.80. The maximum absolute atomic E-state index is 11.5. The summed E-state index contributed by atoms with van der Waals surface area (Å²) in [5.74, 6) is -0.888. The Hall–Kier alpha value is -1.06. The van der Waals surface area contributed by atoms with Crippen molar-refractivity contribution in [3.63, 3.8) is 0 Å². The van der Waals surface area contributed by atoms with E-state index in [1.807, 2.05) is 6.92 Å². The van der Waals surface area contributed by atoms with Crippen LogP contribution in [0.2, 0.25) is 0 Å². The quantitative estimate of drug-likeness (QED) is 0.646. The lowest BCUT2D eigenvalue weighted by molar-refractivity contribution is -0.208. The van der Waals surface area contributed by atoms with Crippen molar-refractivity contribution in [2.45, 2.75) is 51.7 Å². The van der Waals surface area contributed by atoms with Crippen LogP contribution in [-0.2, 0) is 19.1 Å². The molecule has 0 aliphatic carbocycles. The highest BCUT2D eigenvalue weighted by molar-refractivity contribution is 5.89. The van der Waals surface area contributed by atoms with E-state index in [1.54, 1.807) is 6.92 Å². The first kappa shape index (κ1) is 11.0. The van der Waals surface area contributed by atoms with Gasteiger partial charge in [-0.05, 0) is 26.7 Å². The third-order valence-corrected chi connectivity index (χ3v) is 2.38. The maximum atomic E-state index is 11.5. The molecule has 1 aliphatic rings. The predicted octanol–water partition coefficient (Wildman–Crippen LogP) is 1.42. The molecule has 4 heteroatoms. The van der Waals surface area contributed by atoms with Gasteiger partial charge in [-0.25, -0.2) is 9.59 Å². The van der Waals surface area contributed by atoms with Crippen molar-refractivity contribution >= 4 is 11.9 Å². The minimum Gasteiger partial charge on any atom is -0.448 e. The van der Waals surface area contributed by atoms with E-state index in [2.05, 4.69) is 0 Å². The third kappa shape index (κ3) is 2.05. The van der Waals surface area contributed by atoms with Gasteiger partial charge in [-0.1, -0.05) is 13.3 Å².